The number of ether oxygens (including phenoxy) is 2. The molecule has 0 aromatic heterocycles. The second kappa shape index (κ2) is 6.00. The van der Waals surface area contributed by atoms with Crippen LogP contribution in [0.2, 0.25) is 0 Å². The van der Waals surface area contributed by atoms with Crippen molar-refractivity contribution in [1.29, 1.82) is 0 Å². The first kappa shape index (κ1) is 14.0. The van der Waals surface area contributed by atoms with E-state index in [2.05, 4.69) is 5.32 Å². The lowest BCUT2D eigenvalue weighted by Gasteiger charge is -2.17. The van der Waals surface area contributed by atoms with E-state index in [1.165, 1.54) is 0 Å². The van der Waals surface area contributed by atoms with Crippen molar-refractivity contribution in [2.24, 2.45) is 11.8 Å². The molecule has 0 aromatic carbocycles. The molecule has 4 atom stereocenters. The van der Waals surface area contributed by atoms with Gasteiger partial charge in [-0.05, 0) is 26.7 Å². The zero-order chi connectivity index (χ0) is 13.0. The molecule has 0 saturated carbocycles. The molecule has 1 aliphatic heterocycles. The van der Waals surface area contributed by atoms with Crippen LogP contribution in [-0.4, -0.2) is 37.2 Å². The Morgan fingerprint density at radius 3 is 2.35 bits per heavy atom. The van der Waals surface area contributed by atoms with Crippen LogP contribution in [0.1, 0.15) is 27.7 Å². The molecule has 4 unspecified atom stereocenters. The van der Waals surface area contributed by atoms with Crippen molar-refractivity contribution < 1.29 is 19.1 Å². The summed E-state index contributed by atoms with van der Waals surface area (Å²) >= 11 is 0. The molecule has 0 aromatic rings. The number of hydrogen-bond donors (Lipinski definition) is 1. The second-order valence-corrected chi connectivity index (χ2v) is 4.45. The standard InChI is InChI=1S/C12H21NO4/c1-5-16-10(14)6-13-12(15)11-7(2)8(3)17-9(11)4/h7-9,11H,5-6H2,1-4H3,(H,13,15). The highest BCUT2D eigenvalue weighted by atomic mass is 16.5. The van der Waals surface area contributed by atoms with Crippen LogP contribution in [0.5, 0.6) is 0 Å². The Kier molecular flexibility index (Phi) is 4.93. The molecule has 1 aliphatic rings. The molecule has 0 radical (unpaired) electrons. The minimum atomic E-state index is -0.409. The zero-order valence-electron chi connectivity index (χ0n) is 10.9. The summed E-state index contributed by atoms with van der Waals surface area (Å²) in [5, 5.41) is 2.60. The predicted octanol–water partition coefficient (Wildman–Crippen LogP) is 0.725. The molecular formula is C12H21NO4. The first-order valence-electron chi connectivity index (χ1n) is 6.06. The molecule has 1 N–H and O–H groups in total. The average molecular weight is 243 g/mol. The van der Waals surface area contributed by atoms with Crippen molar-refractivity contribution in [2.75, 3.05) is 13.2 Å². The van der Waals surface area contributed by atoms with Gasteiger partial charge in [0.25, 0.3) is 0 Å². The van der Waals surface area contributed by atoms with Crippen LogP contribution >= 0.6 is 0 Å². The number of hydrogen-bond acceptors (Lipinski definition) is 4. The van der Waals surface area contributed by atoms with Gasteiger partial charge in [0.15, 0.2) is 0 Å². The fraction of sp³-hybridized carbons (Fsp3) is 0.833. The molecule has 17 heavy (non-hydrogen) atoms. The lowest BCUT2D eigenvalue weighted by molar-refractivity contribution is -0.144. The van der Waals surface area contributed by atoms with Gasteiger partial charge in [-0.2, -0.15) is 0 Å². The first-order valence-corrected chi connectivity index (χ1v) is 6.06. The normalized spacial score (nSPS) is 32.2. The molecule has 0 aliphatic carbocycles. The van der Waals surface area contributed by atoms with E-state index >= 15 is 0 Å². The van der Waals surface area contributed by atoms with Crippen LogP contribution in [0.3, 0.4) is 0 Å². The van der Waals surface area contributed by atoms with Crippen LogP contribution < -0.4 is 5.32 Å². The number of esters is 1. The second-order valence-electron chi connectivity index (χ2n) is 4.45. The van der Waals surface area contributed by atoms with Crippen LogP contribution in [0, 0.1) is 11.8 Å². The van der Waals surface area contributed by atoms with E-state index in [4.69, 9.17) is 9.47 Å². The van der Waals surface area contributed by atoms with Gasteiger partial charge in [0, 0.05) is 0 Å². The molecule has 0 bridgehead atoms. The van der Waals surface area contributed by atoms with Crippen molar-refractivity contribution in [3.63, 3.8) is 0 Å². The minimum absolute atomic E-state index is 0.0724. The average Bonchev–Trinajstić information content (AvgIpc) is 2.50. The highest BCUT2D eigenvalue weighted by Gasteiger charge is 2.41. The van der Waals surface area contributed by atoms with Gasteiger partial charge in [0.1, 0.15) is 6.54 Å². The fourth-order valence-electron chi connectivity index (χ4n) is 2.21. The van der Waals surface area contributed by atoms with Gasteiger partial charge < -0.3 is 14.8 Å². The Balaban J connectivity index is 2.45. The van der Waals surface area contributed by atoms with E-state index in [1.54, 1.807) is 6.92 Å². The molecule has 5 nitrogen and oxygen atoms in total. The summed E-state index contributed by atoms with van der Waals surface area (Å²) in [6.45, 7) is 7.82. The summed E-state index contributed by atoms with van der Waals surface area (Å²) in [7, 11) is 0. The van der Waals surface area contributed by atoms with Gasteiger partial charge >= 0.3 is 5.97 Å². The number of nitrogens with one attached hydrogen (secondary N) is 1. The van der Waals surface area contributed by atoms with Crippen molar-refractivity contribution in [2.45, 2.75) is 39.9 Å². The number of amides is 1. The zero-order valence-corrected chi connectivity index (χ0v) is 10.9. The number of carbonyl (C=O) groups excluding carboxylic acids is 2. The summed E-state index contributed by atoms with van der Waals surface area (Å²) in [4.78, 5) is 23.0. The maximum absolute atomic E-state index is 11.9. The topological polar surface area (TPSA) is 64.6 Å². The largest absolute Gasteiger partial charge is 0.465 e. The van der Waals surface area contributed by atoms with E-state index in [1.807, 2.05) is 20.8 Å². The molecule has 5 heteroatoms. The Labute approximate surface area is 102 Å². The van der Waals surface area contributed by atoms with Gasteiger partial charge in [-0.1, -0.05) is 6.92 Å². The Morgan fingerprint density at radius 1 is 1.24 bits per heavy atom. The summed E-state index contributed by atoms with van der Waals surface area (Å²) in [5.41, 5.74) is 0. The third kappa shape index (κ3) is 3.43. The molecule has 1 rings (SSSR count). The van der Waals surface area contributed by atoms with Gasteiger partial charge in [0.05, 0.1) is 24.7 Å². The smallest absolute Gasteiger partial charge is 0.325 e. The number of rotatable bonds is 4. The quantitative estimate of drug-likeness (QED) is 0.739. The fourth-order valence-corrected chi connectivity index (χ4v) is 2.21. The van der Waals surface area contributed by atoms with Gasteiger partial charge in [-0.25, -0.2) is 0 Å². The summed E-state index contributed by atoms with van der Waals surface area (Å²) < 4.78 is 10.3. The maximum atomic E-state index is 11.9. The monoisotopic (exact) mass is 243 g/mol. The van der Waals surface area contributed by atoms with E-state index in [-0.39, 0.29) is 36.5 Å². The maximum Gasteiger partial charge on any atom is 0.325 e. The highest BCUT2D eigenvalue weighted by Crippen LogP contribution is 2.32. The lowest BCUT2D eigenvalue weighted by atomic mass is 9.89. The van der Waals surface area contributed by atoms with Gasteiger partial charge in [0.2, 0.25) is 5.91 Å². The Morgan fingerprint density at radius 2 is 1.88 bits per heavy atom. The van der Waals surface area contributed by atoms with Crippen LogP contribution in [-0.2, 0) is 19.1 Å². The van der Waals surface area contributed by atoms with E-state index < -0.39 is 5.97 Å². The molecule has 1 heterocycles. The third-order valence-corrected chi connectivity index (χ3v) is 3.26. The van der Waals surface area contributed by atoms with Crippen molar-refractivity contribution >= 4 is 11.9 Å². The van der Waals surface area contributed by atoms with Crippen LogP contribution in [0.4, 0.5) is 0 Å². The van der Waals surface area contributed by atoms with Crippen LogP contribution in [0.15, 0.2) is 0 Å². The molecular weight excluding hydrogens is 222 g/mol. The summed E-state index contributed by atoms with van der Waals surface area (Å²) in [5.74, 6) is -0.581. The molecule has 1 fully saturated rings. The SMILES string of the molecule is CCOC(=O)CNC(=O)C1C(C)OC(C)C1C. The first-order chi connectivity index (χ1) is 7.97. The van der Waals surface area contributed by atoms with E-state index in [9.17, 15) is 9.59 Å². The van der Waals surface area contributed by atoms with E-state index in [0.717, 1.165) is 0 Å². The molecule has 0 spiro atoms. The Bertz CT molecular complexity index is 292. The minimum Gasteiger partial charge on any atom is -0.465 e. The summed E-state index contributed by atoms with van der Waals surface area (Å²) in [6.07, 6.45) is -0.0365. The number of carbonyl (C=O) groups is 2. The van der Waals surface area contributed by atoms with E-state index in [0.29, 0.717) is 6.61 Å². The van der Waals surface area contributed by atoms with Crippen molar-refractivity contribution in [1.82, 2.24) is 5.32 Å². The molecule has 98 valence electrons. The lowest BCUT2D eigenvalue weighted by Crippen LogP contribution is -2.40. The summed E-state index contributed by atoms with van der Waals surface area (Å²) in [6, 6.07) is 0. The third-order valence-electron chi connectivity index (χ3n) is 3.26. The molecule has 1 saturated heterocycles. The van der Waals surface area contributed by atoms with Crippen molar-refractivity contribution in [3.8, 4) is 0 Å². The molecule has 1 amide bonds. The van der Waals surface area contributed by atoms with Crippen molar-refractivity contribution in [3.05, 3.63) is 0 Å². The van der Waals surface area contributed by atoms with Crippen LogP contribution in [0.25, 0.3) is 0 Å². The van der Waals surface area contributed by atoms with Gasteiger partial charge in [-0.3, -0.25) is 9.59 Å². The highest BCUT2D eigenvalue weighted by molar-refractivity contribution is 5.84. The Hall–Kier alpha value is -1.10. The predicted molar refractivity (Wildman–Crippen MR) is 62.3 cm³/mol. The van der Waals surface area contributed by atoms with Gasteiger partial charge in [-0.15, -0.1) is 0 Å².